The normalized spacial score (nSPS) is 27.5. The summed E-state index contributed by atoms with van der Waals surface area (Å²) in [6.45, 7) is 0.124. The highest BCUT2D eigenvalue weighted by atomic mass is 16.6. The van der Waals surface area contributed by atoms with Gasteiger partial charge in [0.15, 0.2) is 5.54 Å². The summed E-state index contributed by atoms with van der Waals surface area (Å²) in [6.07, 6.45) is 1.23. The van der Waals surface area contributed by atoms with Crippen LogP contribution in [-0.2, 0) is 20.9 Å². The zero-order valence-electron chi connectivity index (χ0n) is 13.1. The Bertz CT molecular complexity index is 598. The van der Waals surface area contributed by atoms with Gasteiger partial charge in [0.05, 0.1) is 13.2 Å². The van der Waals surface area contributed by atoms with Gasteiger partial charge in [-0.15, -0.1) is 0 Å². The van der Waals surface area contributed by atoms with E-state index in [1.165, 1.54) is 7.11 Å². The lowest BCUT2D eigenvalue weighted by Gasteiger charge is -2.64. The molecule has 0 radical (unpaired) electrons. The number of carbonyl (C=O) groups is 2. The van der Waals surface area contributed by atoms with Gasteiger partial charge >= 0.3 is 12.1 Å². The Morgan fingerprint density at radius 1 is 1.30 bits per heavy atom. The Hall–Kier alpha value is -2.08. The summed E-state index contributed by atoms with van der Waals surface area (Å²) in [5, 5.41) is 12.8. The van der Waals surface area contributed by atoms with Crippen molar-refractivity contribution in [3.8, 4) is 0 Å². The zero-order valence-corrected chi connectivity index (χ0v) is 13.1. The van der Waals surface area contributed by atoms with E-state index in [9.17, 15) is 14.7 Å². The van der Waals surface area contributed by atoms with Gasteiger partial charge in [-0.2, -0.15) is 0 Å². The molecule has 2 saturated carbocycles. The van der Waals surface area contributed by atoms with Crippen molar-refractivity contribution >= 4 is 12.1 Å². The second-order valence-corrected chi connectivity index (χ2v) is 6.31. The molecule has 2 aliphatic carbocycles. The van der Waals surface area contributed by atoms with Crippen LogP contribution in [0, 0.1) is 5.41 Å². The maximum absolute atomic E-state index is 12.3. The Labute approximate surface area is 134 Å². The minimum absolute atomic E-state index is 0.124. The van der Waals surface area contributed by atoms with Gasteiger partial charge in [0.25, 0.3) is 0 Å². The maximum Gasteiger partial charge on any atom is 0.408 e. The molecule has 0 aromatic heterocycles. The molecule has 2 atom stereocenters. The van der Waals surface area contributed by atoms with Gasteiger partial charge in [0.2, 0.25) is 0 Å². The summed E-state index contributed by atoms with van der Waals surface area (Å²) in [5.41, 5.74) is -0.916. The van der Waals surface area contributed by atoms with Crippen molar-refractivity contribution in [3.05, 3.63) is 35.9 Å². The Kier molecular flexibility index (Phi) is 4.02. The molecule has 2 aliphatic rings. The quantitative estimate of drug-likeness (QED) is 0.826. The number of amides is 1. The first-order chi connectivity index (χ1) is 11.0. The van der Waals surface area contributed by atoms with E-state index < -0.39 is 29.1 Å². The molecule has 6 heteroatoms. The summed E-state index contributed by atoms with van der Waals surface area (Å²) in [4.78, 5) is 24.4. The number of carbonyl (C=O) groups excluding carboxylic acids is 2. The maximum atomic E-state index is 12.3. The summed E-state index contributed by atoms with van der Waals surface area (Å²) in [7, 11) is 1.29. The van der Waals surface area contributed by atoms with Crippen LogP contribution in [0.25, 0.3) is 0 Å². The molecule has 124 valence electrons. The molecule has 23 heavy (non-hydrogen) atoms. The molecule has 0 heterocycles. The molecular formula is C17H21NO5. The number of aliphatic hydroxyl groups is 1. The summed E-state index contributed by atoms with van der Waals surface area (Å²) in [5.74, 6) is -0.515. The topological polar surface area (TPSA) is 84.9 Å². The monoisotopic (exact) mass is 319 g/mol. The van der Waals surface area contributed by atoms with Gasteiger partial charge in [-0.3, -0.25) is 0 Å². The van der Waals surface area contributed by atoms with Crippen LogP contribution in [0.15, 0.2) is 30.3 Å². The minimum atomic E-state index is -1.17. The van der Waals surface area contributed by atoms with Crippen molar-refractivity contribution < 1.29 is 24.2 Å². The Balaban J connectivity index is 1.68. The minimum Gasteiger partial charge on any atom is -0.467 e. The molecule has 1 aromatic carbocycles. The van der Waals surface area contributed by atoms with E-state index >= 15 is 0 Å². The summed E-state index contributed by atoms with van der Waals surface area (Å²) >= 11 is 0. The molecule has 0 aliphatic heterocycles. The number of methoxy groups -OCH3 is 1. The predicted octanol–water partition coefficient (Wildman–Crippen LogP) is 1.76. The fourth-order valence-electron chi connectivity index (χ4n) is 3.78. The third-order valence-corrected chi connectivity index (χ3v) is 5.30. The fraction of sp³-hybridized carbons (Fsp3) is 0.529. The number of nitrogens with one attached hydrogen (secondary N) is 1. The molecule has 6 nitrogen and oxygen atoms in total. The number of alkyl carbamates (subject to hydrolysis) is 1. The van der Waals surface area contributed by atoms with Gasteiger partial charge in [0, 0.05) is 11.8 Å². The van der Waals surface area contributed by atoms with Crippen LogP contribution in [-0.4, -0.2) is 35.9 Å². The van der Waals surface area contributed by atoms with Crippen LogP contribution in [0.2, 0.25) is 0 Å². The first kappa shape index (κ1) is 15.8. The number of hydrogen-bond donors (Lipinski definition) is 2. The van der Waals surface area contributed by atoms with Gasteiger partial charge in [-0.25, -0.2) is 9.59 Å². The van der Waals surface area contributed by atoms with Crippen LogP contribution in [0.4, 0.5) is 4.79 Å². The number of rotatable bonds is 4. The van der Waals surface area contributed by atoms with Crippen LogP contribution >= 0.6 is 0 Å². The number of esters is 1. The molecule has 2 N–H and O–H groups in total. The molecule has 2 fully saturated rings. The number of ether oxygens (including phenoxy) is 2. The third-order valence-electron chi connectivity index (χ3n) is 5.30. The molecule has 3 rings (SSSR count). The van der Waals surface area contributed by atoms with Crippen molar-refractivity contribution in [2.24, 2.45) is 5.41 Å². The van der Waals surface area contributed by atoms with Gasteiger partial charge in [-0.05, 0) is 18.4 Å². The predicted molar refractivity (Wildman–Crippen MR) is 81.4 cm³/mol. The Morgan fingerprint density at radius 3 is 2.52 bits per heavy atom. The third kappa shape index (κ3) is 2.37. The van der Waals surface area contributed by atoms with Crippen LogP contribution in [0.3, 0.4) is 0 Å². The number of aliphatic hydroxyl groups excluding tert-OH is 1. The van der Waals surface area contributed by atoms with E-state index in [4.69, 9.17) is 9.47 Å². The largest absolute Gasteiger partial charge is 0.467 e. The van der Waals surface area contributed by atoms with Crippen LogP contribution in [0.1, 0.15) is 31.2 Å². The number of benzene rings is 1. The van der Waals surface area contributed by atoms with Crippen molar-refractivity contribution in [2.75, 3.05) is 7.11 Å². The lowest BCUT2D eigenvalue weighted by atomic mass is 9.43. The van der Waals surface area contributed by atoms with E-state index in [1.807, 2.05) is 30.3 Å². The molecular weight excluding hydrogens is 298 g/mol. The van der Waals surface area contributed by atoms with Gasteiger partial charge in [-0.1, -0.05) is 36.8 Å². The first-order valence-electron chi connectivity index (χ1n) is 7.79. The molecule has 0 unspecified atom stereocenters. The zero-order chi connectivity index (χ0) is 16.5. The SMILES string of the molecule is COC(=O)[C@]1(NC(=O)OCc2ccccc2)C[C@@H](O)C12CCC2. The average molecular weight is 319 g/mol. The highest BCUT2D eigenvalue weighted by Gasteiger charge is 2.72. The standard InChI is InChI=1S/C17H21NO5/c1-22-14(20)17(10-13(19)16(17)8-5-9-16)18-15(21)23-11-12-6-3-2-4-7-12/h2-4,6-7,13,19H,5,8-11H2,1H3,(H,18,21)/t13-,17-/m1/s1. The van der Waals surface area contributed by atoms with E-state index in [-0.39, 0.29) is 13.0 Å². The summed E-state index contributed by atoms with van der Waals surface area (Å²) in [6, 6.07) is 9.30. The lowest BCUT2D eigenvalue weighted by molar-refractivity contribution is -0.214. The molecule has 0 saturated heterocycles. The second kappa shape index (κ2) is 5.85. The van der Waals surface area contributed by atoms with E-state index in [0.717, 1.165) is 12.0 Å². The molecule has 1 amide bonds. The van der Waals surface area contributed by atoms with Crippen molar-refractivity contribution in [1.82, 2.24) is 5.32 Å². The highest BCUT2D eigenvalue weighted by molar-refractivity contribution is 5.89. The van der Waals surface area contributed by atoms with E-state index in [2.05, 4.69) is 5.32 Å². The molecule has 0 bridgehead atoms. The fourth-order valence-corrected chi connectivity index (χ4v) is 3.78. The van der Waals surface area contributed by atoms with Crippen LogP contribution in [0.5, 0.6) is 0 Å². The Morgan fingerprint density at radius 2 is 2.00 bits per heavy atom. The van der Waals surface area contributed by atoms with Gasteiger partial charge < -0.3 is 19.9 Å². The molecule has 1 spiro atoms. The first-order valence-corrected chi connectivity index (χ1v) is 7.79. The van der Waals surface area contributed by atoms with Crippen molar-refractivity contribution in [3.63, 3.8) is 0 Å². The second-order valence-electron chi connectivity index (χ2n) is 6.31. The molecule has 1 aromatic rings. The van der Waals surface area contributed by atoms with Crippen molar-refractivity contribution in [1.29, 1.82) is 0 Å². The summed E-state index contributed by atoms with van der Waals surface area (Å²) < 4.78 is 10.1. The average Bonchev–Trinajstić information content (AvgIpc) is 2.50. The highest BCUT2D eigenvalue weighted by Crippen LogP contribution is 2.62. The number of hydrogen-bond acceptors (Lipinski definition) is 5. The lowest BCUT2D eigenvalue weighted by Crippen LogP contribution is -2.79. The smallest absolute Gasteiger partial charge is 0.408 e. The van der Waals surface area contributed by atoms with E-state index in [1.54, 1.807) is 0 Å². The van der Waals surface area contributed by atoms with E-state index in [0.29, 0.717) is 12.8 Å². The van der Waals surface area contributed by atoms with Gasteiger partial charge in [0.1, 0.15) is 6.61 Å². The van der Waals surface area contributed by atoms with Crippen molar-refractivity contribution in [2.45, 2.75) is 43.9 Å². The van der Waals surface area contributed by atoms with Crippen LogP contribution < -0.4 is 5.32 Å².